The first kappa shape index (κ1) is 9.12. The van der Waals surface area contributed by atoms with Gasteiger partial charge in [-0.1, -0.05) is 15.9 Å². The SMILES string of the molecule is COC(=O)c1cncc(CBr)n1. The Morgan fingerprint density at radius 1 is 1.67 bits per heavy atom. The molecule has 12 heavy (non-hydrogen) atoms. The van der Waals surface area contributed by atoms with Crippen LogP contribution in [0.5, 0.6) is 0 Å². The first-order valence-corrected chi connectivity index (χ1v) is 4.35. The van der Waals surface area contributed by atoms with E-state index in [0.717, 1.165) is 0 Å². The fourth-order valence-electron chi connectivity index (χ4n) is 0.674. The smallest absolute Gasteiger partial charge is 0.358 e. The van der Waals surface area contributed by atoms with E-state index in [2.05, 4.69) is 30.6 Å². The molecule has 1 heterocycles. The number of nitrogens with zero attached hydrogens (tertiary/aromatic N) is 2. The zero-order valence-corrected chi connectivity index (χ0v) is 8.04. The van der Waals surface area contributed by atoms with Crippen LogP contribution in [0.2, 0.25) is 0 Å². The maximum absolute atomic E-state index is 10.9. The van der Waals surface area contributed by atoms with Crippen LogP contribution >= 0.6 is 15.9 Å². The van der Waals surface area contributed by atoms with Gasteiger partial charge in [0.2, 0.25) is 0 Å². The quantitative estimate of drug-likeness (QED) is 0.566. The second-order valence-corrected chi connectivity index (χ2v) is 2.58. The molecule has 0 fully saturated rings. The van der Waals surface area contributed by atoms with E-state index < -0.39 is 5.97 Å². The minimum absolute atomic E-state index is 0.231. The van der Waals surface area contributed by atoms with Gasteiger partial charge in [-0.2, -0.15) is 0 Å². The summed E-state index contributed by atoms with van der Waals surface area (Å²) < 4.78 is 4.48. The summed E-state index contributed by atoms with van der Waals surface area (Å²) in [6.45, 7) is 0. The number of hydrogen-bond acceptors (Lipinski definition) is 4. The van der Waals surface area contributed by atoms with Gasteiger partial charge in [0.1, 0.15) is 0 Å². The molecule has 5 heteroatoms. The third-order valence-electron chi connectivity index (χ3n) is 1.22. The van der Waals surface area contributed by atoms with E-state index in [-0.39, 0.29) is 5.69 Å². The fraction of sp³-hybridized carbons (Fsp3) is 0.286. The normalized spacial score (nSPS) is 9.50. The van der Waals surface area contributed by atoms with Crippen LogP contribution in [0, 0.1) is 0 Å². The van der Waals surface area contributed by atoms with Crippen molar-refractivity contribution in [3.8, 4) is 0 Å². The number of hydrogen-bond donors (Lipinski definition) is 0. The molecule has 0 saturated heterocycles. The number of halogens is 1. The zero-order chi connectivity index (χ0) is 8.97. The summed E-state index contributed by atoms with van der Waals surface area (Å²) >= 11 is 3.21. The average molecular weight is 231 g/mol. The van der Waals surface area contributed by atoms with Crippen LogP contribution in [0.4, 0.5) is 0 Å². The summed E-state index contributed by atoms with van der Waals surface area (Å²) in [6.07, 6.45) is 2.96. The maximum Gasteiger partial charge on any atom is 0.358 e. The van der Waals surface area contributed by atoms with E-state index in [0.29, 0.717) is 11.0 Å². The van der Waals surface area contributed by atoms with E-state index >= 15 is 0 Å². The summed E-state index contributed by atoms with van der Waals surface area (Å²) in [6, 6.07) is 0. The Hall–Kier alpha value is -0.970. The number of rotatable bonds is 2. The van der Waals surface area contributed by atoms with Gasteiger partial charge in [0.15, 0.2) is 5.69 Å². The Bertz CT molecular complexity index is 290. The summed E-state index contributed by atoms with van der Waals surface area (Å²) in [5.74, 6) is -0.467. The molecule has 0 radical (unpaired) electrons. The fourth-order valence-corrected chi connectivity index (χ4v) is 0.944. The molecule has 1 rings (SSSR count). The standard InChI is InChI=1S/C7H7BrN2O2/c1-12-7(11)6-4-9-3-5(2-8)10-6/h3-4H,2H2,1H3. The van der Waals surface area contributed by atoms with E-state index in [1.807, 2.05) is 0 Å². The predicted molar refractivity (Wildman–Crippen MR) is 46.0 cm³/mol. The molecule has 0 N–H and O–H groups in total. The minimum Gasteiger partial charge on any atom is -0.464 e. The monoisotopic (exact) mass is 230 g/mol. The minimum atomic E-state index is -0.467. The highest BCUT2D eigenvalue weighted by Gasteiger charge is 2.07. The molecule has 4 nitrogen and oxygen atoms in total. The third kappa shape index (κ3) is 2.01. The molecule has 0 aliphatic heterocycles. The molecule has 0 aliphatic rings. The number of methoxy groups -OCH3 is 1. The second kappa shape index (κ2) is 4.15. The lowest BCUT2D eigenvalue weighted by atomic mass is 10.4. The highest BCUT2D eigenvalue weighted by atomic mass is 79.9. The Kier molecular flexibility index (Phi) is 3.16. The maximum atomic E-state index is 10.9. The van der Waals surface area contributed by atoms with Crippen LogP contribution in [0.3, 0.4) is 0 Å². The number of esters is 1. The van der Waals surface area contributed by atoms with Gasteiger partial charge in [0, 0.05) is 11.5 Å². The highest BCUT2D eigenvalue weighted by Crippen LogP contribution is 2.01. The van der Waals surface area contributed by atoms with E-state index in [1.165, 1.54) is 13.3 Å². The van der Waals surface area contributed by atoms with Gasteiger partial charge in [0.05, 0.1) is 19.0 Å². The van der Waals surface area contributed by atoms with Crippen LogP contribution in [0.1, 0.15) is 16.2 Å². The van der Waals surface area contributed by atoms with Crippen LogP contribution < -0.4 is 0 Å². The van der Waals surface area contributed by atoms with Crippen LogP contribution in [-0.2, 0) is 10.1 Å². The largest absolute Gasteiger partial charge is 0.464 e. The van der Waals surface area contributed by atoms with Crippen molar-refractivity contribution in [1.29, 1.82) is 0 Å². The van der Waals surface area contributed by atoms with Gasteiger partial charge in [-0.25, -0.2) is 9.78 Å². The number of ether oxygens (including phenoxy) is 1. The number of alkyl halides is 1. The van der Waals surface area contributed by atoms with Crippen LogP contribution in [0.25, 0.3) is 0 Å². The first-order valence-electron chi connectivity index (χ1n) is 3.23. The summed E-state index contributed by atoms with van der Waals surface area (Å²) in [7, 11) is 1.31. The first-order chi connectivity index (χ1) is 5.77. The lowest BCUT2D eigenvalue weighted by molar-refractivity contribution is 0.0593. The Balaban J connectivity index is 2.93. The summed E-state index contributed by atoms with van der Waals surface area (Å²) in [5, 5.41) is 0.574. The van der Waals surface area contributed by atoms with Crippen molar-refractivity contribution >= 4 is 21.9 Å². The van der Waals surface area contributed by atoms with Crippen LogP contribution in [-0.4, -0.2) is 23.0 Å². The molecule has 1 aromatic heterocycles. The van der Waals surface area contributed by atoms with Crippen molar-refractivity contribution in [3.05, 3.63) is 23.8 Å². The van der Waals surface area contributed by atoms with E-state index in [1.54, 1.807) is 6.20 Å². The van der Waals surface area contributed by atoms with Crippen molar-refractivity contribution in [3.63, 3.8) is 0 Å². The predicted octanol–water partition coefficient (Wildman–Crippen LogP) is 1.16. The molecule has 0 atom stereocenters. The molecule has 0 unspecified atom stereocenters. The summed E-state index contributed by atoms with van der Waals surface area (Å²) in [5.41, 5.74) is 0.937. The molecule has 0 aromatic carbocycles. The lowest BCUT2D eigenvalue weighted by Crippen LogP contribution is -2.06. The molecular formula is C7H7BrN2O2. The third-order valence-corrected chi connectivity index (χ3v) is 1.79. The average Bonchev–Trinajstić information content (AvgIpc) is 2.17. The zero-order valence-electron chi connectivity index (χ0n) is 6.45. The van der Waals surface area contributed by atoms with Crippen molar-refractivity contribution in [2.75, 3.05) is 7.11 Å². The van der Waals surface area contributed by atoms with Gasteiger partial charge in [0.25, 0.3) is 0 Å². The number of aromatic nitrogens is 2. The van der Waals surface area contributed by atoms with E-state index in [4.69, 9.17) is 0 Å². The Labute approximate surface area is 78.1 Å². The molecule has 0 saturated carbocycles. The molecule has 1 aromatic rings. The molecule has 64 valence electrons. The highest BCUT2D eigenvalue weighted by molar-refractivity contribution is 9.08. The molecule has 0 spiro atoms. The van der Waals surface area contributed by atoms with Crippen molar-refractivity contribution < 1.29 is 9.53 Å². The van der Waals surface area contributed by atoms with Crippen LogP contribution in [0.15, 0.2) is 12.4 Å². The van der Waals surface area contributed by atoms with Crippen molar-refractivity contribution in [1.82, 2.24) is 9.97 Å². The molecule has 0 bridgehead atoms. The topological polar surface area (TPSA) is 52.1 Å². The van der Waals surface area contributed by atoms with Crippen molar-refractivity contribution in [2.24, 2.45) is 0 Å². The van der Waals surface area contributed by atoms with Crippen molar-refractivity contribution in [2.45, 2.75) is 5.33 Å². The second-order valence-electron chi connectivity index (χ2n) is 2.02. The number of carbonyl (C=O) groups excluding carboxylic acids is 1. The van der Waals surface area contributed by atoms with Gasteiger partial charge < -0.3 is 4.74 Å². The van der Waals surface area contributed by atoms with Gasteiger partial charge in [-0.3, -0.25) is 4.98 Å². The Morgan fingerprint density at radius 2 is 2.42 bits per heavy atom. The number of carbonyl (C=O) groups is 1. The molecular weight excluding hydrogens is 224 g/mol. The molecule has 0 amide bonds. The van der Waals surface area contributed by atoms with Gasteiger partial charge >= 0.3 is 5.97 Å². The van der Waals surface area contributed by atoms with E-state index in [9.17, 15) is 4.79 Å². The van der Waals surface area contributed by atoms with Gasteiger partial charge in [-0.05, 0) is 0 Å². The lowest BCUT2D eigenvalue weighted by Gasteiger charge is -1.98. The van der Waals surface area contributed by atoms with Gasteiger partial charge in [-0.15, -0.1) is 0 Å². The Morgan fingerprint density at radius 3 is 3.00 bits per heavy atom. The summed E-state index contributed by atoms with van der Waals surface area (Å²) in [4.78, 5) is 18.8. The molecule has 0 aliphatic carbocycles.